The van der Waals surface area contributed by atoms with Gasteiger partial charge in [-0.05, 0) is 30.7 Å². The maximum absolute atomic E-state index is 14.2. The molecule has 0 saturated heterocycles. The van der Waals surface area contributed by atoms with Crippen LogP contribution in [0.2, 0.25) is 0 Å². The molecular weight excluding hydrogens is 335 g/mol. The maximum Gasteiger partial charge on any atom is 0.230 e. The first kappa shape index (κ1) is 13.8. The van der Waals surface area contributed by atoms with Gasteiger partial charge in [0.25, 0.3) is 0 Å². The van der Waals surface area contributed by atoms with Crippen LogP contribution in [0.5, 0.6) is 0 Å². The van der Waals surface area contributed by atoms with Crippen molar-refractivity contribution in [2.75, 3.05) is 5.73 Å². The number of anilines is 1. The summed E-state index contributed by atoms with van der Waals surface area (Å²) < 4.78 is 19.9. The number of benzene rings is 2. The minimum absolute atomic E-state index is 0.179. The van der Waals surface area contributed by atoms with Crippen LogP contribution >= 0.6 is 15.9 Å². The Bertz CT molecular complexity index is 814. The Morgan fingerprint density at radius 2 is 2.00 bits per heavy atom. The van der Waals surface area contributed by atoms with Crippen LogP contribution in [0.4, 0.5) is 10.3 Å². The first-order valence-corrected chi connectivity index (χ1v) is 7.13. The molecule has 5 heteroatoms. The quantitative estimate of drug-likeness (QED) is 0.724. The number of nitrogens with two attached hydrogens (primary N) is 1. The average Bonchev–Trinajstić information content (AvgIpc) is 2.80. The lowest BCUT2D eigenvalue weighted by atomic mass is 9.99. The van der Waals surface area contributed by atoms with E-state index < -0.39 is 0 Å². The topological polar surface area (TPSA) is 52.0 Å². The minimum Gasteiger partial charge on any atom is -0.367 e. The van der Waals surface area contributed by atoms with E-state index in [2.05, 4.69) is 21.1 Å². The molecule has 2 N–H and O–H groups in total. The van der Waals surface area contributed by atoms with E-state index in [1.165, 1.54) is 6.07 Å². The van der Waals surface area contributed by atoms with Gasteiger partial charge < -0.3 is 10.3 Å². The van der Waals surface area contributed by atoms with Crippen LogP contribution in [0.25, 0.3) is 22.4 Å². The summed E-state index contributed by atoms with van der Waals surface area (Å²) in [6.45, 7) is 1.98. The van der Waals surface area contributed by atoms with Crippen molar-refractivity contribution in [3.8, 4) is 22.4 Å². The molecule has 2 aromatic carbocycles. The lowest BCUT2D eigenvalue weighted by molar-refractivity contribution is 0.439. The highest BCUT2D eigenvalue weighted by molar-refractivity contribution is 9.10. The van der Waals surface area contributed by atoms with Crippen LogP contribution in [-0.4, -0.2) is 5.16 Å². The van der Waals surface area contributed by atoms with Crippen molar-refractivity contribution >= 4 is 21.8 Å². The highest BCUT2D eigenvalue weighted by atomic mass is 79.9. The second-order valence-electron chi connectivity index (χ2n) is 4.76. The largest absolute Gasteiger partial charge is 0.367 e. The van der Waals surface area contributed by atoms with Gasteiger partial charge in [0.1, 0.15) is 11.5 Å². The Morgan fingerprint density at radius 1 is 1.19 bits per heavy atom. The molecule has 0 fully saturated rings. The molecule has 0 unspecified atom stereocenters. The van der Waals surface area contributed by atoms with Crippen molar-refractivity contribution in [3.63, 3.8) is 0 Å². The fourth-order valence-electron chi connectivity index (χ4n) is 2.25. The number of aryl methyl sites for hydroxylation is 1. The summed E-state index contributed by atoms with van der Waals surface area (Å²) in [7, 11) is 0. The molecule has 3 nitrogen and oxygen atoms in total. The van der Waals surface area contributed by atoms with Crippen LogP contribution in [-0.2, 0) is 0 Å². The van der Waals surface area contributed by atoms with Crippen molar-refractivity contribution in [2.24, 2.45) is 0 Å². The number of nitrogen functional groups attached to an aromatic ring is 1. The second-order valence-corrected chi connectivity index (χ2v) is 5.68. The van der Waals surface area contributed by atoms with Gasteiger partial charge in [-0.3, -0.25) is 0 Å². The SMILES string of the molecule is Cc1cccc(-c2c(-c3ccc(Br)cc3F)noc2N)c1. The van der Waals surface area contributed by atoms with Crippen LogP contribution in [0.3, 0.4) is 0 Å². The molecule has 0 aliphatic rings. The first-order valence-electron chi connectivity index (χ1n) is 6.34. The van der Waals surface area contributed by atoms with Gasteiger partial charge in [-0.1, -0.05) is 50.9 Å². The van der Waals surface area contributed by atoms with Gasteiger partial charge in [-0.15, -0.1) is 0 Å². The zero-order valence-corrected chi connectivity index (χ0v) is 12.8. The summed E-state index contributed by atoms with van der Waals surface area (Å²) in [5.74, 6) is -0.204. The zero-order valence-electron chi connectivity index (χ0n) is 11.2. The Labute approximate surface area is 129 Å². The molecule has 0 amide bonds. The smallest absolute Gasteiger partial charge is 0.230 e. The van der Waals surface area contributed by atoms with E-state index in [1.54, 1.807) is 12.1 Å². The second kappa shape index (κ2) is 5.33. The summed E-state index contributed by atoms with van der Waals surface area (Å²) in [5, 5.41) is 3.93. The molecule has 3 rings (SSSR count). The highest BCUT2D eigenvalue weighted by Crippen LogP contribution is 2.37. The van der Waals surface area contributed by atoms with E-state index in [-0.39, 0.29) is 11.7 Å². The molecule has 0 aliphatic carbocycles. The van der Waals surface area contributed by atoms with Gasteiger partial charge in [-0.2, -0.15) is 0 Å². The predicted octanol–water partition coefficient (Wildman–Crippen LogP) is 4.80. The minimum atomic E-state index is -0.383. The summed E-state index contributed by atoms with van der Waals surface area (Å²) >= 11 is 3.24. The molecule has 0 bridgehead atoms. The number of hydrogen-bond acceptors (Lipinski definition) is 3. The van der Waals surface area contributed by atoms with Gasteiger partial charge in [-0.25, -0.2) is 4.39 Å². The molecule has 0 aliphatic heterocycles. The van der Waals surface area contributed by atoms with E-state index in [1.807, 2.05) is 31.2 Å². The van der Waals surface area contributed by atoms with Crippen LogP contribution in [0.1, 0.15) is 5.56 Å². The van der Waals surface area contributed by atoms with E-state index in [9.17, 15) is 4.39 Å². The van der Waals surface area contributed by atoms with Crippen LogP contribution in [0, 0.1) is 12.7 Å². The number of rotatable bonds is 2. The zero-order chi connectivity index (χ0) is 15.0. The van der Waals surface area contributed by atoms with Gasteiger partial charge in [0.2, 0.25) is 5.88 Å². The molecule has 0 spiro atoms. The van der Waals surface area contributed by atoms with Crippen molar-refractivity contribution in [2.45, 2.75) is 6.92 Å². The standard InChI is InChI=1S/C16H12BrFN2O/c1-9-3-2-4-10(7-9)14-15(20-21-16(14)19)12-6-5-11(17)8-13(12)18/h2-8H,19H2,1H3. The molecule has 3 aromatic rings. The van der Waals surface area contributed by atoms with Gasteiger partial charge >= 0.3 is 0 Å². The van der Waals surface area contributed by atoms with Crippen LogP contribution in [0.15, 0.2) is 51.5 Å². The summed E-state index contributed by atoms with van der Waals surface area (Å²) in [5.41, 5.74) is 9.19. The summed E-state index contributed by atoms with van der Waals surface area (Å²) in [4.78, 5) is 0. The Hall–Kier alpha value is -2.14. The Balaban J connectivity index is 2.22. The molecule has 0 saturated carbocycles. The molecule has 1 heterocycles. The predicted molar refractivity (Wildman–Crippen MR) is 84.2 cm³/mol. The molecular formula is C16H12BrFN2O. The van der Waals surface area contributed by atoms with E-state index in [0.29, 0.717) is 21.3 Å². The number of hydrogen-bond donors (Lipinski definition) is 1. The highest BCUT2D eigenvalue weighted by Gasteiger charge is 2.20. The van der Waals surface area contributed by atoms with Gasteiger partial charge in [0.15, 0.2) is 0 Å². The summed E-state index contributed by atoms with van der Waals surface area (Å²) in [6.07, 6.45) is 0. The monoisotopic (exact) mass is 346 g/mol. The number of halogens is 2. The average molecular weight is 347 g/mol. The molecule has 106 valence electrons. The van der Waals surface area contributed by atoms with Gasteiger partial charge in [0, 0.05) is 10.0 Å². The Morgan fingerprint density at radius 3 is 2.71 bits per heavy atom. The normalized spacial score (nSPS) is 10.8. The van der Waals surface area contributed by atoms with Crippen molar-refractivity contribution in [3.05, 3.63) is 58.3 Å². The lowest BCUT2D eigenvalue weighted by Crippen LogP contribution is -1.90. The van der Waals surface area contributed by atoms with E-state index in [4.69, 9.17) is 10.3 Å². The van der Waals surface area contributed by atoms with Crippen LogP contribution < -0.4 is 5.73 Å². The number of nitrogens with zero attached hydrogens (tertiary/aromatic N) is 1. The van der Waals surface area contributed by atoms with Crippen molar-refractivity contribution in [1.82, 2.24) is 5.16 Å². The molecule has 1 aromatic heterocycles. The van der Waals surface area contributed by atoms with E-state index >= 15 is 0 Å². The van der Waals surface area contributed by atoms with E-state index in [0.717, 1.165) is 11.1 Å². The lowest BCUT2D eigenvalue weighted by Gasteiger charge is -2.05. The summed E-state index contributed by atoms with van der Waals surface area (Å²) in [6, 6.07) is 12.5. The maximum atomic E-state index is 14.2. The third-order valence-electron chi connectivity index (χ3n) is 3.21. The van der Waals surface area contributed by atoms with Crippen molar-refractivity contribution < 1.29 is 8.91 Å². The molecule has 0 radical (unpaired) electrons. The fourth-order valence-corrected chi connectivity index (χ4v) is 2.58. The van der Waals surface area contributed by atoms with Gasteiger partial charge in [0.05, 0.1) is 5.56 Å². The first-order chi connectivity index (χ1) is 10.1. The Kier molecular flexibility index (Phi) is 3.51. The number of aromatic nitrogens is 1. The molecule has 0 atom stereocenters. The molecule has 21 heavy (non-hydrogen) atoms. The third kappa shape index (κ3) is 2.56. The van der Waals surface area contributed by atoms with Crippen molar-refractivity contribution in [1.29, 1.82) is 0 Å². The third-order valence-corrected chi connectivity index (χ3v) is 3.70. The fraction of sp³-hybridized carbons (Fsp3) is 0.0625.